The number of nitrogens with one attached hydrogen (secondary N) is 1. The molecule has 0 spiro atoms. The molecule has 0 atom stereocenters. The Hall–Kier alpha value is -3.04. The molecule has 1 N–H and O–H groups in total. The van der Waals surface area contributed by atoms with Crippen molar-refractivity contribution in [3.8, 4) is 23.1 Å². The lowest BCUT2D eigenvalue weighted by molar-refractivity contribution is 0.875. The Morgan fingerprint density at radius 3 is 2.78 bits per heavy atom. The zero-order valence-electron chi connectivity index (χ0n) is 15.0. The second-order valence-corrected chi connectivity index (χ2v) is 7.35. The quantitative estimate of drug-likeness (QED) is 0.376. The molecule has 0 aliphatic heterocycles. The highest BCUT2D eigenvalue weighted by Gasteiger charge is 2.19. The van der Waals surface area contributed by atoms with Crippen LogP contribution in [0.4, 0.5) is 0 Å². The summed E-state index contributed by atoms with van der Waals surface area (Å²) >= 11 is 1.64. The summed E-state index contributed by atoms with van der Waals surface area (Å²) in [6, 6.07) is 18.7. The number of nitrogens with zero attached hydrogens (tertiary/aromatic N) is 4. The molecular weight excluding hydrogens is 354 g/mol. The number of unbranched alkanes of at least 4 members (excludes halogenated alkanes) is 1. The maximum absolute atomic E-state index is 8.77. The number of aromatic nitrogens is 4. The van der Waals surface area contributed by atoms with Crippen molar-refractivity contribution in [3.63, 3.8) is 0 Å². The predicted molar refractivity (Wildman–Crippen MR) is 109 cm³/mol. The molecule has 2 aromatic heterocycles. The van der Waals surface area contributed by atoms with E-state index in [4.69, 9.17) is 5.26 Å². The van der Waals surface area contributed by atoms with E-state index in [0.717, 1.165) is 50.9 Å². The second-order valence-electron chi connectivity index (χ2n) is 6.29. The topological polar surface area (TPSA) is 70.3 Å². The SMILES string of the molecule is Cc1ccccc1-n1c(SCCCC#N)nnc1-c1c[nH]c2ccccc12. The summed E-state index contributed by atoms with van der Waals surface area (Å²) < 4.78 is 2.13. The fourth-order valence-electron chi connectivity index (χ4n) is 3.14. The van der Waals surface area contributed by atoms with Gasteiger partial charge in [-0.3, -0.25) is 4.57 Å². The number of H-pyrrole nitrogens is 1. The Labute approximate surface area is 162 Å². The molecule has 4 aromatic rings. The normalized spacial score (nSPS) is 11.0. The first-order valence-corrected chi connectivity index (χ1v) is 9.86. The maximum Gasteiger partial charge on any atom is 0.196 e. The second kappa shape index (κ2) is 7.68. The lowest BCUT2D eigenvalue weighted by Crippen LogP contribution is -2.02. The number of rotatable bonds is 6. The van der Waals surface area contributed by atoms with E-state index < -0.39 is 0 Å². The van der Waals surface area contributed by atoms with Gasteiger partial charge in [-0.2, -0.15) is 5.26 Å². The maximum atomic E-state index is 8.77. The molecule has 0 radical (unpaired) electrons. The van der Waals surface area contributed by atoms with E-state index in [2.05, 4.69) is 57.0 Å². The molecule has 0 amide bonds. The number of aromatic amines is 1. The van der Waals surface area contributed by atoms with Gasteiger partial charge in [-0.1, -0.05) is 48.2 Å². The van der Waals surface area contributed by atoms with E-state index in [0.29, 0.717) is 6.42 Å². The van der Waals surface area contributed by atoms with Gasteiger partial charge in [0.25, 0.3) is 0 Å². The first kappa shape index (κ1) is 17.4. The molecule has 4 rings (SSSR count). The van der Waals surface area contributed by atoms with Gasteiger partial charge >= 0.3 is 0 Å². The number of benzene rings is 2. The standard InChI is InChI=1S/C21H19N5S/c1-15-8-2-5-11-19(15)26-20(24-25-21(26)27-13-7-6-12-22)17-14-23-18-10-4-3-9-16(17)18/h2-5,8-11,14,23H,6-7,13H2,1H3. The molecule has 2 aromatic carbocycles. The van der Waals surface area contributed by atoms with Crippen LogP contribution in [-0.2, 0) is 0 Å². The highest BCUT2D eigenvalue weighted by atomic mass is 32.2. The van der Waals surface area contributed by atoms with Gasteiger partial charge in [-0.05, 0) is 31.0 Å². The van der Waals surface area contributed by atoms with E-state index >= 15 is 0 Å². The molecular formula is C21H19N5S. The first-order chi connectivity index (χ1) is 13.3. The lowest BCUT2D eigenvalue weighted by Gasteiger charge is -2.12. The van der Waals surface area contributed by atoms with Crippen LogP contribution in [0.3, 0.4) is 0 Å². The van der Waals surface area contributed by atoms with Crippen LogP contribution < -0.4 is 0 Å². The largest absolute Gasteiger partial charge is 0.360 e. The minimum absolute atomic E-state index is 0.556. The number of thioether (sulfide) groups is 1. The van der Waals surface area contributed by atoms with E-state index in [-0.39, 0.29) is 0 Å². The highest BCUT2D eigenvalue weighted by molar-refractivity contribution is 7.99. The van der Waals surface area contributed by atoms with Gasteiger partial charge in [0, 0.05) is 34.8 Å². The summed E-state index contributed by atoms with van der Waals surface area (Å²) in [5.41, 5.74) is 4.35. The minimum Gasteiger partial charge on any atom is -0.360 e. The van der Waals surface area contributed by atoms with Gasteiger partial charge < -0.3 is 4.98 Å². The Balaban J connectivity index is 1.84. The van der Waals surface area contributed by atoms with Crippen LogP contribution >= 0.6 is 11.8 Å². The van der Waals surface area contributed by atoms with E-state index in [1.807, 2.05) is 30.5 Å². The molecule has 0 saturated heterocycles. The summed E-state index contributed by atoms with van der Waals surface area (Å²) in [4.78, 5) is 3.33. The first-order valence-electron chi connectivity index (χ1n) is 8.87. The third kappa shape index (κ3) is 3.34. The van der Waals surface area contributed by atoms with Gasteiger partial charge in [0.2, 0.25) is 0 Å². The van der Waals surface area contributed by atoms with Gasteiger partial charge in [-0.15, -0.1) is 10.2 Å². The molecule has 2 heterocycles. The molecule has 0 aliphatic carbocycles. The number of para-hydroxylation sites is 2. The Bertz CT molecular complexity index is 1120. The highest BCUT2D eigenvalue weighted by Crippen LogP contribution is 2.33. The van der Waals surface area contributed by atoms with Crippen molar-refractivity contribution < 1.29 is 0 Å². The Morgan fingerprint density at radius 1 is 1.11 bits per heavy atom. The van der Waals surface area contributed by atoms with Crippen LogP contribution in [0.2, 0.25) is 0 Å². The molecule has 0 fully saturated rings. The molecule has 0 bridgehead atoms. The molecule has 0 unspecified atom stereocenters. The molecule has 0 saturated carbocycles. The van der Waals surface area contributed by atoms with Crippen LogP contribution in [-0.4, -0.2) is 25.5 Å². The average molecular weight is 373 g/mol. The summed E-state index contributed by atoms with van der Waals surface area (Å²) in [6.45, 7) is 2.10. The van der Waals surface area contributed by atoms with Gasteiger partial charge in [0.1, 0.15) is 0 Å². The number of hydrogen-bond acceptors (Lipinski definition) is 4. The molecule has 134 valence electrons. The number of nitriles is 1. The number of fused-ring (bicyclic) bond motifs is 1. The predicted octanol–water partition coefficient (Wildman–Crippen LogP) is 5.12. The van der Waals surface area contributed by atoms with Crippen molar-refractivity contribution in [3.05, 3.63) is 60.3 Å². The van der Waals surface area contributed by atoms with Crippen LogP contribution in [0, 0.1) is 18.3 Å². The van der Waals surface area contributed by atoms with Crippen LogP contribution in [0.1, 0.15) is 18.4 Å². The van der Waals surface area contributed by atoms with Crippen LogP contribution in [0.5, 0.6) is 0 Å². The summed E-state index contributed by atoms with van der Waals surface area (Å²) in [7, 11) is 0. The van der Waals surface area contributed by atoms with E-state index in [1.54, 1.807) is 11.8 Å². The summed E-state index contributed by atoms with van der Waals surface area (Å²) in [5.74, 6) is 1.66. The van der Waals surface area contributed by atoms with Crippen molar-refractivity contribution in [1.82, 2.24) is 19.7 Å². The monoisotopic (exact) mass is 373 g/mol. The van der Waals surface area contributed by atoms with Crippen molar-refractivity contribution >= 4 is 22.7 Å². The average Bonchev–Trinajstić information content (AvgIpc) is 3.29. The number of hydrogen-bond donors (Lipinski definition) is 1. The van der Waals surface area contributed by atoms with Crippen molar-refractivity contribution in [2.24, 2.45) is 0 Å². The smallest absolute Gasteiger partial charge is 0.196 e. The van der Waals surface area contributed by atoms with Crippen molar-refractivity contribution in [1.29, 1.82) is 5.26 Å². The third-order valence-corrected chi connectivity index (χ3v) is 5.50. The fraction of sp³-hybridized carbons (Fsp3) is 0.190. The van der Waals surface area contributed by atoms with E-state index in [1.165, 1.54) is 0 Å². The van der Waals surface area contributed by atoms with Gasteiger partial charge in [0.15, 0.2) is 11.0 Å². The summed E-state index contributed by atoms with van der Waals surface area (Å²) in [5, 5.41) is 19.7. The molecule has 6 heteroatoms. The Morgan fingerprint density at radius 2 is 1.93 bits per heavy atom. The van der Waals surface area contributed by atoms with E-state index in [9.17, 15) is 0 Å². The number of aryl methyl sites for hydroxylation is 1. The van der Waals surface area contributed by atoms with Gasteiger partial charge in [-0.25, -0.2) is 0 Å². The van der Waals surface area contributed by atoms with Crippen LogP contribution in [0.25, 0.3) is 28.0 Å². The van der Waals surface area contributed by atoms with Crippen molar-refractivity contribution in [2.45, 2.75) is 24.9 Å². The molecule has 0 aliphatic rings. The zero-order valence-corrected chi connectivity index (χ0v) is 15.8. The zero-order chi connectivity index (χ0) is 18.6. The third-order valence-electron chi connectivity index (χ3n) is 4.48. The summed E-state index contributed by atoms with van der Waals surface area (Å²) in [6.07, 6.45) is 3.39. The molecule has 5 nitrogen and oxygen atoms in total. The minimum atomic E-state index is 0.556. The van der Waals surface area contributed by atoms with Crippen LogP contribution in [0.15, 0.2) is 59.9 Å². The fourth-order valence-corrected chi connectivity index (χ4v) is 4.02. The lowest BCUT2D eigenvalue weighted by atomic mass is 10.1. The van der Waals surface area contributed by atoms with Gasteiger partial charge in [0.05, 0.1) is 11.8 Å². The van der Waals surface area contributed by atoms with Crippen molar-refractivity contribution in [2.75, 3.05) is 5.75 Å². The molecule has 27 heavy (non-hydrogen) atoms. The Kier molecular flexibility index (Phi) is 4.95.